The Hall–Kier alpha value is -2.95. The number of halogens is 1. The minimum Gasteiger partial charge on any atom is -0.377 e. The first-order valence-electron chi connectivity index (χ1n) is 8.50. The fraction of sp³-hybridized carbons (Fsp3) is 0.238. The number of hydrogen-bond acceptors (Lipinski definition) is 3. The molecule has 1 amide bonds. The molecule has 26 heavy (non-hydrogen) atoms. The predicted molar refractivity (Wildman–Crippen MR) is 99.2 cm³/mol. The second-order valence-electron chi connectivity index (χ2n) is 6.61. The van der Waals surface area contributed by atoms with E-state index in [0.717, 1.165) is 29.5 Å². The van der Waals surface area contributed by atoms with E-state index in [9.17, 15) is 14.0 Å². The maximum absolute atomic E-state index is 13.0. The summed E-state index contributed by atoms with van der Waals surface area (Å²) in [5, 5.41) is 3.02. The van der Waals surface area contributed by atoms with Gasteiger partial charge in [-0.1, -0.05) is 18.2 Å². The van der Waals surface area contributed by atoms with Crippen molar-refractivity contribution in [3.8, 4) is 0 Å². The minimum atomic E-state index is -0.363. The quantitative estimate of drug-likeness (QED) is 0.665. The minimum absolute atomic E-state index is 0.0247. The molecule has 0 heterocycles. The van der Waals surface area contributed by atoms with Crippen molar-refractivity contribution >= 4 is 17.9 Å². The molecule has 0 saturated carbocycles. The van der Waals surface area contributed by atoms with Crippen molar-refractivity contribution in [3.05, 3.63) is 76.6 Å². The van der Waals surface area contributed by atoms with Gasteiger partial charge in [0.15, 0.2) is 0 Å². The van der Waals surface area contributed by atoms with Crippen molar-refractivity contribution in [2.45, 2.75) is 18.9 Å². The van der Waals surface area contributed by atoms with Crippen LogP contribution in [0.3, 0.4) is 0 Å². The molecule has 0 spiro atoms. The molecule has 1 aliphatic rings. The lowest BCUT2D eigenvalue weighted by atomic mass is 10.00. The summed E-state index contributed by atoms with van der Waals surface area (Å²) >= 11 is 0. The zero-order valence-electron chi connectivity index (χ0n) is 14.8. The Labute approximate surface area is 152 Å². The van der Waals surface area contributed by atoms with Gasteiger partial charge in [0.1, 0.15) is 12.1 Å². The van der Waals surface area contributed by atoms with Crippen molar-refractivity contribution in [1.29, 1.82) is 0 Å². The van der Waals surface area contributed by atoms with Gasteiger partial charge in [0.25, 0.3) is 5.91 Å². The Bertz CT molecular complexity index is 857. The van der Waals surface area contributed by atoms with E-state index in [1.165, 1.54) is 29.8 Å². The summed E-state index contributed by atoms with van der Waals surface area (Å²) < 4.78 is 13.0. The topological polar surface area (TPSA) is 49.4 Å². The van der Waals surface area contributed by atoms with Crippen LogP contribution in [0, 0.1) is 5.82 Å². The maximum Gasteiger partial charge on any atom is 0.251 e. The van der Waals surface area contributed by atoms with Crippen molar-refractivity contribution in [2.24, 2.45) is 0 Å². The summed E-state index contributed by atoms with van der Waals surface area (Å²) in [7, 11) is 3.80. The van der Waals surface area contributed by atoms with Crippen LogP contribution in [0.2, 0.25) is 0 Å². The van der Waals surface area contributed by atoms with Crippen LogP contribution in [0.1, 0.15) is 27.0 Å². The van der Waals surface area contributed by atoms with Crippen molar-refractivity contribution < 1.29 is 14.0 Å². The highest BCUT2D eigenvalue weighted by Gasteiger charge is 2.26. The Morgan fingerprint density at radius 1 is 1.15 bits per heavy atom. The Morgan fingerprint density at radius 3 is 2.54 bits per heavy atom. The van der Waals surface area contributed by atoms with Gasteiger partial charge in [0.05, 0.1) is 0 Å². The molecule has 4 nitrogen and oxygen atoms in total. The molecule has 1 unspecified atom stereocenters. The van der Waals surface area contributed by atoms with Crippen LogP contribution in [0.4, 0.5) is 4.39 Å². The van der Waals surface area contributed by atoms with E-state index in [2.05, 4.69) is 11.4 Å². The molecule has 0 fully saturated rings. The van der Waals surface area contributed by atoms with E-state index in [4.69, 9.17) is 0 Å². The smallest absolute Gasteiger partial charge is 0.251 e. The first-order chi connectivity index (χ1) is 12.5. The molecule has 134 valence electrons. The van der Waals surface area contributed by atoms with E-state index in [1.807, 2.05) is 31.1 Å². The Kier molecular flexibility index (Phi) is 5.16. The molecule has 0 saturated heterocycles. The van der Waals surface area contributed by atoms with Crippen LogP contribution in [0.15, 0.2) is 48.5 Å². The lowest BCUT2D eigenvalue weighted by molar-refractivity contribution is -0.104. The number of rotatable bonds is 5. The fourth-order valence-electron chi connectivity index (χ4n) is 3.41. The van der Waals surface area contributed by atoms with Crippen molar-refractivity contribution in [1.82, 2.24) is 10.2 Å². The van der Waals surface area contributed by atoms with Gasteiger partial charge in [-0.25, -0.2) is 4.39 Å². The zero-order chi connectivity index (χ0) is 18.7. The van der Waals surface area contributed by atoms with E-state index in [1.54, 1.807) is 6.08 Å². The molecule has 2 aromatic rings. The molecule has 1 atom stereocenters. The molecule has 1 aliphatic carbocycles. The SMILES string of the molecule is CN(C)C(=CC=O)c1cccc2c1CC(NC(=O)c1ccc(F)cc1)C2. The number of nitrogens with zero attached hydrogens (tertiary/aromatic N) is 1. The summed E-state index contributed by atoms with van der Waals surface area (Å²) in [6.45, 7) is 0. The second-order valence-corrected chi connectivity index (χ2v) is 6.61. The number of carbonyl (C=O) groups is 2. The van der Waals surface area contributed by atoms with E-state index >= 15 is 0 Å². The van der Waals surface area contributed by atoms with E-state index < -0.39 is 0 Å². The molecule has 0 aromatic heterocycles. The number of carbonyl (C=O) groups excluding carboxylic acids is 2. The normalized spacial score (nSPS) is 16.1. The van der Waals surface area contributed by atoms with Crippen molar-refractivity contribution in [2.75, 3.05) is 14.1 Å². The molecule has 2 aromatic carbocycles. The molecule has 5 heteroatoms. The second kappa shape index (κ2) is 7.52. The summed E-state index contributed by atoms with van der Waals surface area (Å²) in [6, 6.07) is 11.5. The van der Waals surface area contributed by atoms with Crippen LogP contribution in [0.5, 0.6) is 0 Å². The van der Waals surface area contributed by atoms with Crippen LogP contribution >= 0.6 is 0 Å². The first kappa shape index (κ1) is 17.9. The average Bonchev–Trinajstić information content (AvgIpc) is 3.02. The largest absolute Gasteiger partial charge is 0.377 e. The Balaban J connectivity index is 1.80. The van der Waals surface area contributed by atoms with Gasteiger partial charge < -0.3 is 10.2 Å². The van der Waals surface area contributed by atoms with Gasteiger partial charge in [-0.2, -0.15) is 0 Å². The third-order valence-electron chi connectivity index (χ3n) is 4.62. The lowest BCUT2D eigenvalue weighted by Crippen LogP contribution is -2.35. The zero-order valence-corrected chi connectivity index (χ0v) is 14.8. The summed E-state index contributed by atoms with van der Waals surface area (Å²) in [5.41, 5.74) is 4.63. The van der Waals surface area contributed by atoms with E-state index in [-0.39, 0.29) is 17.8 Å². The van der Waals surface area contributed by atoms with Crippen LogP contribution in [-0.4, -0.2) is 37.2 Å². The van der Waals surface area contributed by atoms with Gasteiger partial charge >= 0.3 is 0 Å². The number of hydrogen-bond donors (Lipinski definition) is 1. The molecule has 0 radical (unpaired) electrons. The van der Waals surface area contributed by atoms with Crippen LogP contribution < -0.4 is 5.32 Å². The predicted octanol–water partition coefficient (Wildman–Crippen LogP) is 2.82. The van der Waals surface area contributed by atoms with Gasteiger partial charge in [-0.3, -0.25) is 9.59 Å². The number of benzene rings is 2. The van der Waals surface area contributed by atoms with Gasteiger partial charge in [0, 0.05) is 43.0 Å². The summed E-state index contributed by atoms with van der Waals surface area (Å²) in [6.07, 6.45) is 3.78. The van der Waals surface area contributed by atoms with Gasteiger partial charge in [-0.15, -0.1) is 0 Å². The fourth-order valence-corrected chi connectivity index (χ4v) is 3.41. The highest BCUT2D eigenvalue weighted by Crippen LogP contribution is 2.30. The van der Waals surface area contributed by atoms with E-state index in [0.29, 0.717) is 12.0 Å². The highest BCUT2D eigenvalue weighted by atomic mass is 19.1. The molecular weight excluding hydrogens is 331 g/mol. The highest BCUT2D eigenvalue weighted by molar-refractivity contribution is 5.94. The van der Waals surface area contributed by atoms with Gasteiger partial charge in [0.2, 0.25) is 0 Å². The number of fused-ring (bicyclic) bond motifs is 1. The first-order valence-corrected chi connectivity index (χ1v) is 8.50. The molecule has 0 bridgehead atoms. The van der Waals surface area contributed by atoms with Crippen LogP contribution in [-0.2, 0) is 17.6 Å². The third kappa shape index (κ3) is 3.67. The van der Waals surface area contributed by atoms with Gasteiger partial charge in [-0.05, 0) is 48.2 Å². The third-order valence-corrected chi connectivity index (χ3v) is 4.62. The average molecular weight is 352 g/mol. The van der Waals surface area contributed by atoms with Crippen LogP contribution in [0.25, 0.3) is 5.70 Å². The monoisotopic (exact) mass is 352 g/mol. The molecule has 1 N–H and O–H groups in total. The summed E-state index contributed by atoms with van der Waals surface area (Å²) in [4.78, 5) is 25.3. The number of aldehydes is 1. The number of nitrogens with one attached hydrogen (secondary N) is 1. The molecular formula is C21H21FN2O2. The Morgan fingerprint density at radius 2 is 1.88 bits per heavy atom. The van der Waals surface area contributed by atoms with Crippen molar-refractivity contribution in [3.63, 3.8) is 0 Å². The molecule has 0 aliphatic heterocycles. The lowest BCUT2D eigenvalue weighted by Gasteiger charge is -2.19. The number of amides is 1. The molecule has 3 rings (SSSR count). The maximum atomic E-state index is 13.0. The number of allylic oxidation sites excluding steroid dienone is 1. The standard InChI is InChI=1S/C21H21FN2O2/c1-24(2)20(10-11-25)18-5-3-4-15-12-17(13-19(15)18)23-21(26)14-6-8-16(22)9-7-14/h3-11,17H,12-13H2,1-2H3,(H,23,26). The summed E-state index contributed by atoms with van der Waals surface area (Å²) in [5.74, 6) is -0.571.